The third-order valence-corrected chi connectivity index (χ3v) is 4.75. The summed E-state index contributed by atoms with van der Waals surface area (Å²) < 4.78 is 0. The largest absolute Gasteiger partial charge is 0.312 e. The van der Waals surface area contributed by atoms with E-state index in [1.54, 1.807) is 0 Å². The minimum Gasteiger partial charge on any atom is -0.312 e. The van der Waals surface area contributed by atoms with E-state index >= 15 is 0 Å². The van der Waals surface area contributed by atoms with Crippen LogP contribution in [0.1, 0.15) is 26.2 Å². The molecule has 0 radical (unpaired) electrons. The lowest BCUT2D eigenvalue weighted by Crippen LogP contribution is -2.55. The number of piperidine rings is 1. The van der Waals surface area contributed by atoms with Crippen LogP contribution in [0.4, 0.5) is 0 Å². The number of hydrogen-bond donors (Lipinski definition) is 1. The highest BCUT2D eigenvalue weighted by atomic mass is 15.3. The van der Waals surface area contributed by atoms with Gasteiger partial charge in [-0.25, -0.2) is 0 Å². The maximum atomic E-state index is 3.81. The molecule has 112 valence electrons. The molecule has 0 bridgehead atoms. The summed E-state index contributed by atoms with van der Waals surface area (Å²) in [6, 6.07) is 1.43. The lowest BCUT2D eigenvalue weighted by molar-refractivity contribution is 0.107. The first kappa shape index (κ1) is 15.2. The first-order valence-electron chi connectivity index (χ1n) is 8.03. The molecule has 1 N–H and O–H groups in total. The molecule has 0 aliphatic carbocycles. The van der Waals surface area contributed by atoms with Crippen molar-refractivity contribution in [2.75, 3.05) is 59.9 Å². The second kappa shape index (κ2) is 7.58. The van der Waals surface area contributed by atoms with Gasteiger partial charge in [0.2, 0.25) is 0 Å². The molecule has 2 aliphatic rings. The zero-order chi connectivity index (χ0) is 13.7. The molecule has 0 spiro atoms. The second-order valence-electron chi connectivity index (χ2n) is 6.42. The molecule has 4 nitrogen and oxygen atoms in total. The molecule has 19 heavy (non-hydrogen) atoms. The van der Waals surface area contributed by atoms with E-state index in [1.165, 1.54) is 58.5 Å². The van der Waals surface area contributed by atoms with Crippen molar-refractivity contribution >= 4 is 0 Å². The molecule has 2 heterocycles. The highest BCUT2D eigenvalue weighted by molar-refractivity contribution is 4.83. The van der Waals surface area contributed by atoms with Gasteiger partial charge in [0.15, 0.2) is 0 Å². The standard InChI is InChI=1S/C15H32N4/c1-4-7-19-8-5-14(6-9-19)16-12-15-13-17(2)10-11-18(15)3/h14-16H,4-13H2,1-3H3. The van der Waals surface area contributed by atoms with E-state index in [1.807, 2.05) is 0 Å². The second-order valence-corrected chi connectivity index (χ2v) is 6.42. The van der Waals surface area contributed by atoms with Crippen LogP contribution in [-0.2, 0) is 0 Å². The summed E-state index contributed by atoms with van der Waals surface area (Å²) in [6.07, 6.45) is 3.94. The Hall–Kier alpha value is -0.160. The highest BCUT2D eigenvalue weighted by Gasteiger charge is 2.24. The highest BCUT2D eigenvalue weighted by Crippen LogP contribution is 2.11. The number of nitrogens with one attached hydrogen (secondary N) is 1. The molecule has 0 aromatic heterocycles. The van der Waals surface area contributed by atoms with Gasteiger partial charge in [-0.3, -0.25) is 4.90 Å². The molecular weight excluding hydrogens is 236 g/mol. The van der Waals surface area contributed by atoms with Crippen molar-refractivity contribution in [1.29, 1.82) is 0 Å². The van der Waals surface area contributed by atoms with Crippen LogP contribution < -0.4 is 5.32 Å². The van der Waals surface area contributed by atoms with Gasteiger partial charge in [0.1, 0.15) is 0 Å². The van der Waals surface area contributed by atoms with Crippen molar-refractivity contribution in [3.63, 3.8) is 0 Å². The minimum absolute atomic E-state index is 0.687. The molecule has 2 fully saturated rings. The molecule has 0 saturated carbocycles. The monoisotopic (exact) mass is 268 g/mol. The first-order chi connectivity index (χ1) is 9.19. The summed E-state index contributed by atoms with van der Waals surface area (Å²) in [5.41, 5.74) is 0. The van der Waals surface area contributed by atoms with E-state index in [0.717, 1.165) is 12.6 Å². The smallest absolute Gasteiger partial charge is 0.0345 e. The number of nitrogens with zero attached hydrogens (tertiary/aromatic N) is 3. The van der Waals surface area contributed by atoms with Crippen molar-refractivity contribution in [3.05, 3.63) is 0 Å². The summed E-state index contributed by atoms with van der Waals surface area (Å²) in [4.78, 5) is 7.58. The Kier molecular flexibility index (Phi) is 6.07. The average molecular weight is 268 g/mol. The molecule has 4 heteroatoms. The van der Waals surface area contributed by atoms with Crippen molar-refractivity contribution in [2.24, 2.45) is 0 Å². The number of likely N-dealkylation sites (tertiary alicyclic amines) is 1. The van der Waals surface area contributed by atoms with Crippen LogP contribution in [0.5, 0.6) is 0 Å². The van der Waals surface area contributed by atoms with E-state index in [9.17, 15) is 0 Å². The molecule has 0 aromatic carbocycles. The Morgan fingerprint density at radius 1 is 1.05 bits per heavy atom. The average Bonchev–Trinajstić information content (AvgIpc) is 2.42. The van der Waals surface area contributed by atoms with Crippen LogP contribution in [-0.4, -0.2) is 86.7 Å². The van der Waals surface area contributed by atoms with Crippen LogP contribution in [0, 0.1) is 0 Å². The van der Waals surface area contributed by atoms with Gasteiger partial charge in [-0.2, -0.15) is 0 Å². The molecule has 2 aliphatic heterocycles. The van der Waals surface area contributed by atoms with Crippen LogP contribution in [0.3, 0.4) is 0 Å². The van der Waals surface area contributed by atoms with Gasteiger partial charge in [0, 0.05) is 38.3 Å². The number of rotatable bonds is 5. The Labute approximate surface area is 119 Å². The molecule has 1 atom stereocenters. The van der Waals surface area contributed by atoms with Crippen LogP contribution in [0.2, 0.25) is 0 Å². The zero-order valence-corrected chi connectivity index (χ0v) is 13.1. The van der Waals surface area contributed by atoms with Crippen LogP contribution in [0.25, 0.3) is 0 Å². The maximum absolute atomic E-state index is 3.81. The Morgan fingerprint density at radius 2 is 1.79 bits per heavy atom. The fourth-order valence-corrected chi connectivity index (χ4v) is 3.30. The van der Waals surface area contributed by atoms with Gasteiger partial charge in [0.25, 0.3) is 0 Å². The summed E-state index contributed by atoms with van der Waals surface area (Å²) in [5, 5.41) is 3.81. The van der Waals surface area contributed by atoms with Gasteiger partial charge >= 0.3 is 0 Å². The Balaban J connectivity index is 1.65. The maximum Gasteiger partial charge on any atom is 0.0345 e. The molecule has 1 unspecified atom stereocenters. The normalized spacial score (nSPS) is 28.9. The predicted octanol–water partition coefficient (Wildman–Crippen LogP) is 0.696. The number of piperazine rings is 1. The molecule has 2 rings (SSSR count). The van der Waals surface area contributed by atoms with Gasteiger partial charge < -0.3 is 15.1 Å². The van der Waals surface area contributed by atoms with Crippen LogP contribution in [0.15, 0.2) is 0 Å². The summed E-state index contributed by atoms with van der Waals surface area (Å²) >= 11 is 0. The van der Waals surface area contributed by atoms with Crippen molar-refractivity contribution in [3.8, 4) is 0 Å². The van der Waals surface area contributed by atoms with Crippen LogP contribution >= 0.6 is 0 Å². The molecule has 0 amide bonds. The molecule has 2 saturated heterocycles. The van der Waals surface area contributed by atoms with Gasteiger partial charge in [-0.05, 0) is 53.0 Å². The van der Waals surface area contributed by atoms with E-state index in [2.05, 4.69) is 41.0 Å². The van der Waals surface area contributed by atoms with Crippen molar-refractivity contribution in [2.45, 2.75) is 38.3 Å². The first-order valence-corrected chi connectivity index (χ1v) is 8.03. The Morgan fingerprint density at radius 3 is 2.47 bits per heavy atom. The zero-order valence-electron chi connectivity index (χ0n) is 13.1. The van der Waals surface area contributed by atoms with E-state index in [-0.39, 0.29) is 0 Å². The quantitative estimate of drug-likeness (QED) is 0.792. The molecular formula is C15H32N4. The van der Waals surface area contributed by atoms with E-state index in [4.69, 9.17) is 0 Å². The lowest BCUT2D eigenvalue weighted by atomic mass is 10.0. The fraction of sp³-hybridized carbons (Fsp3) is 1.00. The topological polar surface area (TPSA) is 21.8 Å². The summed E-state index contributed by atoms with van der Waals surface area (Å²) in [7, 11) is 4.51. The van der Waals surface area contributed by atoms with E-state index < -0.39 is 0 Å². The Bertz CT molecular complexity index is 251. The number of hydrogen-bond acceptors (Lipinski definition) is 4. The van der Waals surface area contributed by atoms with Crippen molar-refractivity contribution < 1.29 is 0 Å². The minimum atomic E-state index is 0.687. The fourth-order valence-electron chi connectivity index (χ4n) is 3.30. The lowest BCUT2D eigenvalue weighted by Gasteiger charge is -2.39. The van der Waals surface area contributed by atoms with Gasteiger partial charge in [-0.15, -0.1) is 0 Å². The van der Waals surface area contributed by atoms with Crippen molar-refractivity contribution in [1.82, 2.24) is 20.0 Å². The summed E-state index contributed by atoms with van der Waals surface area (Å²) in [6.45, 7) is 10.9. The third kappa shape index (κ3) is 4.71. The summed E-state index contributed by atoms with van der Waals surface area (Å²) in [5.74, 6) is 0. The molecule has 0 aromatic rings. The van der Waals surface area contributed by atoms with Gasteiger partial charge in [0.05, 0.1) is 0 Å². The van der Waals surface area contributed by atoms with E-state index in [0.29, 0.717) is 6.04 Å². The predicted molar refractivity (Wildman–Crippen MR) is 81.7 cm³/mol. The SMILES string of the molecule is CCCN1CCC(NCC2CN(C)CCN2C)CC1. The van der Waals surface area contributed by atoms with Gasteiger partial charge in [-0.1, -0.05) is 6.92 Å². The third-order valence-electron chi connectivity index (χ3n) is 4.75. The number of likely N-dealkylation sites (N-methyl/N-ethyl adjacent to an activating group) is 2.